The van der Waals surface area contributed by atoms with Crippen molar-refractivity contribution in [2.24, 2.45) is 5.92 Å². The summed E-state index contributed by atoms with van der Waals surface area (Å²) in [6.45, 7) is 4.72. The van der Waals surface area contributed by atoms with Gasteiger partial charge in [-0.15, -0.1) is 0 Å². The minimum Gasteiger partial charge on any atom is -0.489 e. The number of amides is 1. The molecule has 0 aliphatic carbocycles. The average molecular weight is 913 g/mol. The zero-order chi connectivity index (χ0) is 45.7. The van der Waals surface area contributed by atoms with Gasteiger partial charge in [-0.2, -0.15) is 26.3 Å². The molecule has 2 atom stereocenters. The number of aryl methyl sites for hydroxylation is 1. The minimum absolute atomic E-state index is 0.0337. The van der Waals surface area contributed by atoms with Gasteiger partial charge in [0.25, 0.3) is 5.91 Å². The molecule has 0 saturated carbocycles. The minimum atomic E-state index is -5.10. The second kappa shape index (κ2) is 19.0. The first kappa shape index (κ1) is 46.8. The van der Waals surface area contributed by atoms with E-state index in [4.69, 9.17) is 4.74 Å². The van der Waals surface area contributed by atoms with Crippen molar-refractivity contribution >= 4 is 27.7 Å². The van der Waals surface area contributed by atoms with Gasteiger partial charge in [0.2, 0.25) is 10.0 Å². The Labute approximate surface area is 363 Å². The molecule has 1 amide bonds. The summed E-state index contributed by atoms with van der Waals surface area (Å²) in [5.41, 5.74) is -4.84. The Morgan fingerprint density at radius 1 is 0.714 bits per heavy atom. The smallest absolute Gasteiger partial charge is 0.417 e. The molecule has 6 nitrogen and oxygen atoms in total. The van der Waals surface area contributed by atoms with Gasteiger partial charge in [-0.3, -0.25) is 4.79 Å². The molecule has 63 heavy (non-hydrogen) atoms. The first-order valence-corrected chi connectivity index (χ1v) is 21.7. The van der Waals surface area contributed by atoms with E-state index in [1.807, 2.05) is 0 Å². The van der Waals surface area contributed by atoms with Crippen molar-refractivity contribution in [1.82, 2.24) is 10.0 Å². The fourth-order valence-electron chi connectivity index (χ4n) is 6.73. The summed E-state index contributed by atoms with van der Waals surface area (Å²) in [5.74, 6) is -4.47. The first-order valence-electron chi connectivity index (χ1n) is 19.4. The molecule has 0 fully saturated rings. The summed E-state index contributed by atoms with van der Waals surface area (Å²) in [6, 6.07) is 28.8. The summed E-state index contributed by atoms with van der Waals surface area (Å²) in [6.07, 6.45) is -10.5. The fourth-order valence-corrected chi connectivity index (χ4v) is 9.07. The molecular formula is C47H40F8N2O4S2. The Bertz CT molecular complexity index is 2660. The zero-order valence-corrected chi connectivity index (χ0v) is 35.5. The first-order chi connectivity index (χ1) is 29.6. The third kappa shape index (κ3) is 11.5. The van der Waals surface area contributed by atoms with Crippen LogP contribution < -0.4 is 14.8 Å². The van der Waals surface area contributed by atoms with E-state index in [2.05, 4.69) is 10.0 Å². The molecule has 0 radical (unpaired) electrons. The highest BCUT2D eigenvalue weighted by molar-refractivity contribution is 7.99. The van der Waals surface area contributed by atoms with Crippen LogP contribution in [0, 0.1) is 24.5 Å². The summed E-state index contributed by atoms with van der Waals surface area (Å²) in [7, 11) is -4.10. The van der Waals surface area contributed by atoms with Crippen LogP contribution in [0.15, 0.2) is 154 Å². The standard InChI is InChI=1S/C47H40F8N2O4S2/c1-29(2)41(57-63(59,60)38-18-14-30(3)15-19-38)28-61-42-26-33(17-20-40(42)49)45(27-31-10-6-4-7-11-31,34-23-35(46(50,51)52)25-36(48)24-34)56-44(58)32-16-21-43(39(22-32)47(53,54)55)62-37-12-8-5-9-13-37/h4-26,29,41,57H,27-28H2,1-3H3,(H,56,58)/t41?,45-/m1/s1. The molecule has 0 aromatic heterocycles. The molecule has 2 N–H and O–H groups in total. The third-order valence-electron chi connectivity index (χ3n) is 10.2. The Morgan fingerprint density at radius 2 is 1.35 bits per heavy atom. The highest BCUT2D eigenvalue weighted by Crippen LogP contribution is 2.42. The van der Waals surface area contributed by atoms with Crippen LogP contribution in [0.4, 0.5) is 35.1 Å². The van der Waals surface area contributed by atoms with E-state index in [1.54, 1.807) is 93.6 Å². The summed E-state index contributed by atoms with van der Waals surface area (Å²) in [4.78, 5) is 14.7. The van der Waals surface area contributed by atoms with Crippen LogP contribution in [0.5, 0.6) is 5.75 Å². The molecule has 0 aliphatic heterocycles. The number of carbonyl (C=O) groups excluding carboxylic acids is 1. The van der Waals surface area contributed by atoms with E-state index < -0.39 is 98.4 Å². The Morgan fingerprint density at radius 3 is 1.97 bits per heavy atom. The molecule has 0 aliphatic rings. The Hall–Kier alpha value is -5.71. The maximum atomic E-state index is 15.8. The van der Waals surface area contributed by atoms with Crippen LogP contribution in [-0.2, 0) is 34.3 Å². The molecule has 0 heterocycles. The van der Waals surface area contributed by atoms with Gasteiger partial charge >= 0.3 is 12.4 Å². The number of hydrogen-bond acceptors (Lipinski definition) is 5. The van der Waals surface area contributed by atoms with E-state index in [-0.39, 0.29) is 21.4 Å². The monoisotopic (exact) mass is 912 g/mol. The number of halogens is 8. The molecule has 0 saturated heterocycles. The number of benzene rings is 6. The van der Waals surface area contributed by atoms with Gasteiger partial charge in [0.15, 0.2) is 11.6 Å². The van der Waals surface area contributed by atoms with Gasteiger partial charge in [-0.05, 0) is 102 Å². The van der Waals surface area contributed by atoms with Crippen LogP contribution in [0.1, 0.15) is 57.6 Å². The lowest BCUT2D eigenvalue weighted by atomic mass is 9.77. The maximum absolute atomic E-state index is 15.8. The van der Waals surface area contributed by atoms with Crippen molar-refractivity contribution in [3.05, 3.63) is 190 Å². The van der Waals surface area contributed by atoms with Gasteiger partial charge in [0.05, 0.1) is 27.6 Å². The van der Waals surface area contributed by atoms with Crippen molar-refractivity contribution in [2.45, 2.75) is 65.8 Å². The van der Waals surface area contributed by atoms with Crippen LogP contribution in [0.2, 0.25) is 0 Å². The van der Waals surface area contributed by atoms with Crippen LogP contribution in [0.25, 0.3) is 0 Å². The molecule has 1 unspecified atom stereocenters. The molecule has 330 valence electrons. The number of sulfonamides is 1. The highest BCUT2D eigenvalue weighted by atomic mass is 32.2. The lowest BCUT2D eigenvalue weighted by Crippen LogP contribution is -2.49. The van der Waals surface area contributed by atoms with Crippen molar-refractivity contribution in [2.75, 3.05) is 6.61 Å². The molecule has 6 aromatic rings. The molecular weight excluding hydrogens is 873 g/mol. The second-order valence-corrected chi connectivity index (χ2v) is 17.9. The summed E-state index contributed by atoms with van der Waals surface area (Å²) >= 11 is 0.802. The predicted octanol–water partition coefficient (Wildman–Crippen LogP) is 11.8. The number of hydrogen-bond donors (Lipinski definition) is 2. The lowest BCUT2D eigenvalue weighted by Gasteiger charge is -2.37. The van der Waals surface area contributed by atoms with E-state index in [0.29, 0.717) is 22.6 Å². The van der Waals surface area contributed by atoms with Crippen LogP contribution in [0.3, 0.4) is 0 Å². The third-order valence-corrected chi connectivity index (χ3v) is 12.7. The normalized spacial score (nSPS) is 13.7. The lowest BCUT2D eigenvalue weighted by molar-refractivity contribution is -0.140. The van der Waals surface area contributed by atoms with E-state index >= 15 is 8.78 Å². The number of ether oxygens (including phenoxy) is 1. The van der Waals surface area contributed by atoms with Crippen molar-refractivity contribution in [3.8, 4) is 5.75 Å². The quantitative estimate of drug-likeness (QED) is 0.100. The van der Waals surface area contributed by atoms with Crippen LogP contribution >= 0.6 is 11.8 Å². The largest absolute Gasteiger partial charge is 0.489 e. The summed E-state index contributed by atoms with van der Waals surface area (Å²) in [5, 5.41) is 2.65. The number of carbonyl (C=O) groups is 1. The van der Waals surface area contributed by atoms with E-state index in [1.165, 1.54) is 12.1 Å². The molecule has 0 spiro atoms. The summed E-state index contributed by atoms with van der Waals surface area (Å²) < 4.78 is 153. The molecule has 6 aromatic carbocycles. The number of nitrogens with one attached hydrogen (secondary N) is 2. The van der Waals surface area contributed by atoms with Gasteiger partial charge < -0.3 is 10.1 Å². The van der Waals surface area contributed by atoms with Gasteiger partial charge in [-0.25, -0.2) is 21.9 Å². The van der Waals surface area contributed by atoms with E-state index in [9.17, 15) is 39.6 Å². The predicted molar refractivity (Wildman–Crippen MR) is 224 cm³/mol. The zero-order valence-electron chi connectivity index (χ0n) is 33.8. The van der Waals surface area contributed by atoms with Crippen molar-refractivity contribution < 1.29 is 53.1 Å². The van der Waals surface area contributed by atoms with Crippen molar-refractivity contribution in [1.29, 1.82) is 0 Å². The Kier molecular flexibility index (Phi) is 14.1. The second-order valence-electron chi connectivity index (χ2n) is 15.1. The highest BCUT2D eigenvalue weighted by Gasteiger charge is 2.42. The molecule has 0 bridgehead atoms. The number of rotatable bonds is 15. The molecule has 16 heteroatoms. The molecule has 6 rings (SSSR count). The average Bonchev–Trinajstić information content (AvgIpc) is 3.22. The Balaban J connectivity index is 1.48. The van der Waals surface area contributed by atoms with E-state index in [0.717, 1.165) is 53.7 Å². The topological polar surface area (TPSA) is 84.5 Å². The van der Waals surface area contributed by atoms with Crippen molar-refractivity contribution in [3.63, 3.8) is 0 Å². The van der Waals surface area contributed by atoms with Gasteiger partial charge in [0, 0.05) is 21.8 Å². The van der Waals surface area contributed by atoms with Crippen LogP contribution in [-0.4, -0.2) is 27.0 Å². The maximum Gasteiger partial charge on any atom is 0.417 e. The fraction of sp³-hybridized carbons (Fsp3) is 0.213. The number of alkyl halides is 6. The SMILES string of the molecule is Cc1ccc(S(=O)(=O)NC(COc2cc([C@@](Cc3ccccc3)(NC(=O)c3ccc(Sc4ccccc4)c(C(F)(F)F)c3)c3cc(F)cc(C(F)(F)F)c3)ccc2F)C(C)C)cc1. The van der Waals surface area contributed by atoms with Gasteiger partial charge in [0.1, 0.15) is 12.4 Å². The van der Waals surface area contributed by atoms with Gasteiger partial charge in [-0.1, -0.05) is 97.9 Å².